The molecular weight excluding hydrogens is 290 g/mol. The number of carbonyl (C=O) groups is 1. The van der Waals surface area contributed by atoms with Crippen LogP contribution in [0.1, 0.15) is 15.9 Å². The molecule has 2 heterocycles. The summed E-state index contributed by atoms with van der Waals surface area (Å²) in [4.78, 5) is 19.2. The van der Waals surface area contributed by atoms with Gasteiger partial charge in [-0.1, -0.05) is 12.1 Å². The standard InChI is InChI=1S/C18H21N3O2/c1-23-17-7-3-2-6-16(17)18(22)21-11-9-20(10-12-21)14-15-5-4-8-19-13-15/h2-8,13H,9-12,14H2,1H3/p+2. The number of benzene rings is 1. The summed E-state index contributed by atoms with van der Waals surface area (Å²) >= 11 is 0. The highest BCUT2D eigenvalue weighted by Crippen LogP contribution is 2.19. The van der Waals surface area contributed by atoms with Crippen LogP contribution < -0.4 is 14.6 Å². The van der Waals surface area contributed by atoms with Gasteiger partial charge in [-0.15, -0.1) is 0 Å². The Morgan fingerprint density at radius 1 is 1.22 bits per heavy atom. The number of aromatic nitrogens is 1. The second-order valence-corrected chi connectivity index (χ2v) is 5.83. The average Bonchev–Trinajstić information content (AvgIpc) is 2.62. The highest BCUT2D eigenvalue weighted by atomic mass is 16.5. The molecule has 1 aliphatic heterocycles. The normalized spacial score (nSPS) is 15.4. The molecule has 1 amide bonds. The molecule has 5 nitrogen and oxygen atoms in total. The van der Waals surface area contributed by atoms with Gasteiger partial charge in [0.2, 0.25) is 0 Å². The fourth-order valence-electron chi connectivity index (χ4n) is 3.02. The first-order chi connectivity index (χ1) is 11.3. The van der Waals surface area contributed by atoms with Crippen LogP contribution in [-0.4, -0.2) is 44.1 Å². The van der Waals surface area contributed by atoms with Crippen LogP contribution in [-0.2, 0) is 6.54 Å². The van der Waals surface area contributed by atoms with Crippen molar-refractivity contribution in [3.05, 3.63) is 59.9 Å². The second-order valence-electron chi connectivity index (χ2n) is 5.83. The van der Waals surface area contributed by atoms with Gasteiger partial charge in [0.15, 0.2) is 12.4 Å². The molecule has 120 valence electrons. The van der Waals surface area contributed by atoms with Gasteiger partial charge >= 0.3 is 0 Å². The molecule has 1 aromatic heterocycles. The molecule has 3 rings (SSSR count). The summed E-state index contributed by atoms with van der Waals surface area (Å²) < 4.78 is 5.30. The van der Waals surface area contributed by atoms with Crippen molar-refractivity contribution < 1.29 is 19.4 Å². The molecule has 1 saturated heterocycles. The number of amides is 1. The second kappa shape index (κ2) is 7.24. The van der Waals surface area contributed by atoms with Crippen LogP contribution in [0.5, 0.6) is 5.75 Å². The van der Waals surface area contributed by atoms with Crippen molar-refractivity contribution in [3.8, 4) is 5.75 Å². The predicted molar refractivity (Wildman–Crippen MR) is 86.3 cm³/mol. The number of aromatic amines is 1. The van der Waals surface area contributed by atoms with E-state index in [0.29, 0.717) is 11.3 Å². The van der Waals surface area contributed by atoms with E-state index >= 15 is 0 Å². The Balaban J connectivity index is 1.59. The molecule has 1 fully saturated rings. The van der Waals surface area contributed by atoms with Crippen molar-refractivity contribution in [3.63, 3.8) is 0 Å². The van der Waals surface area contributed by atoms with Gasteiger partial charge in [0.1, 0.15) is 12.3 Å². The lowest BCUT2D eigenvalue weighted by Crippen LogP contribution is -3.13. The smallest absolute Gasteiger partial charge is 0.258 e. The van der Waals surface area contributed by atoms with E-state index in [1.54, 1.807) is 7.11 Å². The Labute approximate surface area is 136 Å². The maximum Gasteiger partial charge on any atom is 0.258 e. The molecule has 23 heavy (non-hydrogen) atoms. The molecule has 0 bridgehead atoms. The summed E-state index contributed by atoms with van der Waals surface area (Å²) in [6.45, 7) is 4.49. The fraction of sp³-hybridized carbons (Fsp3) is 0.333. The minimum atomic E-state index is 0.0644. The van der Waals surface area contributed by atoms with E-state index in [0.717, 1.165) is 32.7 Å². The number of para-hydroxylation sites is 1. The summed E-state index contributed by atoms with van der Waals surface area (Å²) in [7, 11) is 1.60. The number of ether oxygens (including phenoxy) is 1. The molecule has 1 aliphatic rings. The molecule has 2 aromatic rings. The van der Waals surface area contributed by atoms with Crippen LogP contribution in [0.25, 0.3) is 0 Å². The number of nitrogens with one attached hydrogen (secondary N) is 2. The quantitative estimate of drug-likeness (QED) is 0.867. The number of H-pyrrole nitrogens is 1. The average molecular weight is 313 g/mol. The Bertz CT molecular complexity index is 652. The van der Waals surface area contributed by atoms with Crippen LogP contribution >= 0.6 is 0 Å². The third kappa shape index (κ3) is 3.68. The molecule has 1 aromatic carbocycles. The van der Waals surface area contributed by atoms with Gasteiger partial charge in [-0.2, -0.15) is 0 Å². The SMILES string of the molecule is COc1ccccc1C(=O)N1CC[NH+](Cc2ccc[nH+]c2)CC1. The number of piperazine rings is 1. The minimum absolute atomic E-state index is 0.0644. The minimum Gasteiger partial charge on any atom is -0.496 e. The largest absolute Gasteiger partial charge is 0.496 e. The number of pyridine rings is 1. The Morgan fingerprint density at radius 3 is 2.70 bits per heavy atom. The molecule has 0 radical (unpaired) electrons. The van der Waals surface area contributed by atoms with E-state index in [4.69, 9.17) is 4.74 Å². The lowest BCUT2D eigenvalue weighted by Gasteiger charge is -2.32. The fourth-order valence-corrected chi connectivity index (χ4v) is 3.02. The summed E-state index contributed by atoms with van der Waals surface area (Å²) in [6.07, 6.45) is 3.96. The molecule has 5 heteroatoms. The summed E-state index contributed by atoms with van der Waals surface area (Å²) in [5.74, 6) is 0.710. The van der Waals surface area contributed by atoms with Crippen LogP contribution in [0.15, 0.2) is 48.8 Å². The van der Waals surface area contributed by atoms with Gasteiger partial charge in [-0.25, -0.2) is 4.98 Å². The molecule has 0 spiro atoms. The van der Waals surface area contributed by atoms with E-state index in [1.165, 1.54) is 10.5 Å². The Kier molecular flexibility index (Phi) is 4.88. The molecule has 0 aliphatic carbocycles. The van der Waals surface area contributed by atoms with Gasteiger partial charge in [-0.3, -0.25) is 4.79 Å². The Morgan fingerprint density at radius 2 is 2.00 bits per heavy atom. The monoisotopic (exact) mass is 313 g/mol. The number of hydrogen-bond acceptors (Lipinski definition) is 2. The third-order valence-electron chi connectivity index (χ3n) is 4.32. The maximum absolute atomic E-state index is 12.7. The molecular formula is C18H23N3O2+2. The first kappa shape index (κ1) is 15.5. The number of hydrogen-bond donors (Lipinski definition) is 1. The molecule has 0 unspecified atom stereocenters. The van der Waals surface area contributed by atoms with E-state index in [2.05, 4.69) is 11.1 Å². The van der Waals surface area contributed by atoms with Gasteiger partial charge in [0.25, 0.3) is 5.91 Å². The number of carbonyl (C=O) groups excluding carboxylic acids is 1. The Hall–Kier alpha value is -2.40. The number of nitrogens with zero attached hydrogens (tertiary/aromatic N) is 1. The van der Waals surface area contributed by atoms with Gasteiger partial charge in [0, 0.05) is 6.07 Å². The van der Waals surface area contributed by atoms with Crippen molar-refractivity contribution >= 4 is 5.91 Å². The highest BCUT2D eigenvalue weighted by Gasteiger charge is 2.26. The van der Waals surface area contributed by atoms with Crippen molar-refractivity contribution in [1.29, 1.82) is 0 Å². The summed E-state index contributed by atoms with van der Waals surface area (Å²) in [5, 5.41) is 0. The predicted octanol–water partition coefficient (Wildman–Crippen LogP) is 0.0502. The van der Waals surface area contributed by atoms with Crippen LogP contribution in [0.3, 0.4) is 0 Å². The summed E-state index contributed by atoms with van der Waals surface area (Å²) in [5.41, 5.74) is 1.95. The first-order valence-electron chi connectivity index (χ1n) is 7.99. The van der Waals surface area contributed by atoms with Gasteiger partial charge < -0.3 is 14.5 Å². The van der Waals surface area contributed by atoms with Crippen molar-refractivity contribution in [2.24, 2.45) is 0 Å². The number of methoxy groups -OCH3 is 1. The van der Waals surface area contributed by atoms with Gasteiger partial charge in [0.05, 0.1) is 44.4 Å². The van der Waals surface area contributed by atoms with Crippen LogP contribution in [0, 0.1) is 0 Å². The van der Waals surface area contributed by atoms with Crippen LogP contribution in [0.4, 0.5) is 0 Å². The third-order valence-corrected chi connectivity index (χ3v) is 4.32. The van der Waals surface area contributed by atoms with E-state index in [-0.39, 0.29) is 5.91 Å². The van der Waals surface area contributed by atoms with Crippen molar-refractivity contribution in [2.45, 2.75) is 6.54 Å². The maximum atomic E-state index is 12.7. The lowest BCUT2D eigenvalue weighted by atomic mass is 10.1. The van der Waals surface area contributed by atoms with Gasteiger partial charge in [-0.05, 0) is 18.2 Å². The van der Waals surface area contributed by atoms with Crippen molar-refractivity contribution in [1.82, 2.24) is 4.90 Å². The first-order valence-corrected chi connectivity index (χ1v) is 7.99. The zero-order valence-corrected chi connectivity index (χ0v) is 13.4. The number of rotatable bonds is 4. The molecule has 0 atom stereocenters. The topological polar surface area (TPSA) is 48.1 Å². The zero-order chi connectivity index (χ0) is 16.1. The van der Waals surface area contributed by atoms with E-state index in [9.17, 15) is 4.79 Å². The lowest BCUT2D eigenvalue weighted by molar-refractivity contribution is -0.917. The summed E-state index contributed by atoms with van der Waals surface area (Å²) in [6, 6.07) is 11.6. The zero-order valence-electron chi connectivity index (χ0n) is 13.4. The molecule has 2 N–H and O–H groups in total. The van der Waals surface area contributed by atoms with Crippen molar-refractivity contribution in [2.75, 3.05) is 33.3 Å². The van der Waals surface area contributed by atoms with Crippen LogP contribution in [0.2, 0.25) is 0 Å². The highest BCUT2D eigenvalue weighted by molar-refractivity contribution is 5.97. The number of quaternary nitrogens is 1. The molecule has 0 saturated carbocycles. The van der Waals surface area contributed by atoms with E-state index < -0.39 is 0 Å². The van der Waals surface area contributed by atoms with E-state index in [1.807, 2.05) is 47.6 Å².